The van der Waals surface area contributed by atoms with Gasteiger partial charge in [-0.3, -0.25) is 4.79 Å². The molecule has 0 fully saturated rings. The molecular weight excluding hydrogens is 132 g/mol. The number of carbonyl (C=O) groups excluding carboxylic acids is 2. The molecular formula is C7H12O3. The molecule has 0 radical (unpaired) electrons. The summed E-state index contributed by atoms with van der Waals surface area (Å²) in [6.45, 7) is 3.55. The van der Waals surface area contributed by atoms with Crippen LogP contribution in [0, 0.1) is 0 Å². The maximum Gasteiger partial charge on any atom is 0.374 e. The van der Waals surface area contributed by atoms with Crippen molar-refractivity contribution < 1.29 is 14.3 Å². The molecule has 0 N–H and O–H groups in total. The number of carbonyl (C=O) groups is 2. The van der Waals surface area contributed by atoms with Crippen LogP contribution in [-0.2, 0) is 14.3 Å². The summed E-state index contributed by atoms with van der Waals surface area (Å²) < 4.78 is 4.56. The Balaban J connectivity index is 3.31. The molecule has 0 spiro atoms. The third-order valence-corrected chi connectivity index (χ3v) is 1.02. The van der Waals surface area contributed by atoms with Gasteiger partial charge >= 0.3 is 5.97 Å². The number of ketones is 1. The molecule has 10 heavy (non-hydrogen) atoms. The lowest BCUT2D eigenvalue weighted by Gasteiger charge is -1.98. The SMILES string of the molecule is CCCCOC(=O)C(C)=O. The second-order valence-corrected chi connectivity index (χ2v) is 2.05. The van der Waals surface area contributed by atoms with Gasteiger partial charge in [0.05, 0.1) is 6.61 Å². The molecule has 0 aromatic heterocycles. The summed E-state index contributed by atoms with van der Waals surface area (Å²) in [5, 5.41) is 0. The van der Waals surface area contributed by atoms with Gasteiger partial charge in [0.1, 0.15) is 0 Å². The Morgan fingerprint density at radius 1 is 1.40 bits per heavy atom. The Bertz CT molecular complexity index is 129. The summed E-state index contributed by atoms with van der Waals surface area (Å²) in [5.74, 6) is -1.26. The Hall–Kier alpha value is -0.860. The van der Waals surface area contributed by atoms with Gasteiger partial charge in [-0.15, -0.1) is 0 Å². The van der Waals surface area contributed by atoms with Crippen molar-refractivity contribution in [2.45, 2.75) is 26.7 Å². The van der Waals surface area contributed by atoms with Gasteiger partial charge in [0.15, 0.2) is 0 Å². The number of unbranched alkanes of at least 4 members (excludes halogenated alkanes) is 1. The number of esters is 1. The van der Waals surface area contributed by atoms with Crippen molar-refractivity contribution in [2.24, 2.45) is 0 Å². The fourth-order valence-electron chi connectivity index (χ4n) is 0.411. The molecule has 0 aliphatic heterocycles. The van der Waals surface area contributed by atoms with E-state index >= 15 is 0 Å². The molecule has 0 aromatic carbocycles. The molecule has 0 saturated heterocycles. The molecule has 0 aliphatic rings. The molecule has 0 saturated carbocycles. The number of ether oxygens (including phenoxy) is 1. The molecule has 0 heterocycles. The van der Waals surface area contributed by atoms with E-state index < -0.39 is 11.8 Å². The third kappa shape index (κ3) is 4.06. The first-order valence-electron chi connectivity index (χ1n) is 3.36. The molecule has 0 aliphatic carbocycles. The van der Waals surface area contributed by atoms with Crippen molar-refractivity contribution in [1.29, 1.82) is 0 Å². The first kappa shape index (κ1) is 9.14. The van der Waals surface area contributed by atoms with Crippen LogP contribution in [0.15, 0.2) is 0 Å². The summed E-state index contributed by atoms with van der Waals surface area (Å²) in [7, 11) is 0. The van der Waals surface area contributed by atoms with Crippen LogP contribution in [0.4, 0.5) is 0 Å². The third-order valence-electron chi connectivity index (χ3n) is 1.02. The highest BCUT2D eigenvalue weighted by Gasteiger charge is 2.06. The van der Waals surface area contributed by atoms with Crippen LogP contribution >= 0.6 is 0 Å². The maximum absolute atomic E-state index is 10.4. The van der Waals surface area contributed by atoms with Crippen LogP contribution < -0.4 is 0 Å². The minimum absolute atomic E-state index is 0.356. The van der Waals surface area contributed by atoms with Crippen LogP contribution in [0.25, 0.3) is 0 Å². The second kappa shape index (κ2) is 4.97. The van der Waals surface area contributed by atoms with Crippen molar-refractivity contribution in [3.63, 3.8) is 0 Å². The number of hydrogen-bond acceptors (Lipinski definition) is 3. The lowest BCUT2D eigenvalue weighted by atomic mass is 10.4. The Labute approximate surface area is 60.4 Å². The average molecular weight is 144 g/mol. The minimum atomic E-state index is -0.728. The molecule has 0 amide bonds. The fraction of sp³-hybridized carbons (Fsp3) is 0.714. The fourth-order valence-corrected chi connectivity index (χ4v) is 0.411. The van der Waals surface area contributed by atoms with E-state index in [0.717, 1.165) is 12.8 Å². The molecule has 0 aromatic rings. The quantitative estimate of drug-likeness (QED) is 0.335. The predicted molar refractivity (Wildman–Crippen MR) is 36.5 cm³/mol. The van der Waals surface area contributed by atoms with E-state index in [9.17, 15) is 9.59 Å². The van der Waals surface area contributed by atoms with Crippen LogP contribution in [-0.4, -0.2) is 18.4 Å². The van der Waals surface area contributed by atoms with Gasteiger partial charge in [0.25, 0.3) is 0 Å². The number of hydrogen-bond donors (Lipinski definition) is 0. The summed E-state index contributed by atoms with van der Waals surface area (Å²) in [4.78, 5) is 20.7. The largest absolute Gasteiger partial charge is 0.460 e. The second-order valence-electron chi connectivity index (χ2n) is 2.05. The van der Waals surface area contributed by atoms with E-state index in [1.807, 2.05) is 6.92 Å². The van der Waals surface area contributed by atoms with Gasteiger partial charge in [-0.05, 0) is 6.42 Å². The normalized spacial score (nSPS) is 9.00. The van der Waals surface area contributed by atoms with E-state index in [4.69, 9.17) is 0 Å². The lowest BCUT2D eigenvalue weighted by Crippen LogP contribution is -2.14. The smallest absolute Gasteiger partial charge is 0.374 e. The van der Waals surface area contributed by atoms with E-state index in [1.54, 1.807) is 0 Å². The van der Waals surface area contributed by atoms with Crippen molar-refractivity contribution >= 4 is 11.8 Å². The highest BCUT2D eigenvalue weighted by molar-refractivity contribution is 6.32. The maximum atomic E-state index is 10.4. The molecule has 0 rings (SSSR count). The summed E-state index contributed by atoms with van der Waals surface area (Å²) in [6.07, 6.45) is 1.78. The zero-order chi connectivity index (χ0) is 7.98. The van der Waals surface area contributed by atoms with Gasteiger partial charge in [-0.2, -0.15) is 0 Å². The highest BCUT2D eigenvalue weighted by Crippen LogP contribution is 1.88. The molecule has 3 nitrogen and oxygen atoms in total. The van der Waals surface area contributed by atoms with E-state index in [-0.39, 0.29) is 0 Å². The Morgan fingerprint density at radius 3 is 2.40 bits per heavy atom. The Morgan fingerprint density at radius 2 is 2.00 bits per heavy atom. The monoisotopic (exact) mass is 144 g/mol. The Kier molecular flexibility index (Phi) is 4.54. The van der Waals surface area contributed by atoms with Crippen molar-refractivity contribution in [3.8, 4) is 0 Å². The molecule has 3 heteroatoms. The van der Waals surface area contributed by atoms with Crippen LogP contribution in [0.1, 0.15) is 26.7 Å². The first-order valence-corrected chi connectivity index (χ1v) is 3.36. The van der Waals surface area contributed by atoms with E-state index in [1.165, 1.54) is 6.92 Å². The van der Waals surface area contributed by atoms with Crippen molar-refractivity contribution in [1.82, 2.24) is 0 Å². The van der Waals surface area contributed by atoms with E-state index in [0.29, 0.717) is 6.61 Å². The predicted octanol–water partition coefficient (Wildman–Crippen LogP) is 0.919. The van der Waals surface area contributed by atoms with E-state index in [2.05, 4.69) is 4.74 Å². The van der Waals surface area contributed by atoms with Crippen molar-refractivity contribution in [2.75, 3.05) is 6.61 Å². The summed E-state index contributed by atoms with van der Waals surface area (Å²) in [5.41, 5.74) is 0. The van der Waals surface area contributed by atoms with Crippen LogP contribution in [0.5, 0.6) is 0 Å². The van der Waals surface area contributed by atoms with Crippen LogP contribution in [0.3, 0.4) is 0 Å². The summed E-state index contributed by atoms with van der Waals surface area (Å²) in [6, 6.07) is 0. The van der Waals surface area contributed by atoms with Gasteiger partial charge in [-0.1, -0.05) is 13.3 Å². The molecule has 0 bridgehead atoms. The summed E-state index contributed by atoms with van der Waals surface area (Å²) >= 11 is 0. The highest BCUT2D eigenvalue weighted by atomic mass is 16.5. The lowest BCUT2D eigenvalue weighted by molar-refractivity contribution is -0.153. The van der Waals surface area contributed by atoms with Gasteiger partial charge in [0.2, 0.25) is 5.78 Å². The van der Waals surface area contributed by atoms with Gasteiger partial charge in [0, 0.05) is 6.92 Å². The average Bonchev–Trinajstić information content (AvgIpc) is 1.88. The topological polar surface area (TPSA) is 43.4 Å². The van der Waals surface area contributed by atoms with Gasteiger partial charge < -0.3 is 4.74 Å². The van der Waals surface area contributed by atoms with Crippen LogP contribution in [0.2, 0.25) is 0 Å². The molecule has 58 valence electrons. The number of rotatable bonds is 4. The van der Waals surface area contributed by atoms with Crippen molar-refractivity contribution in [3.05, 3.63) is 0 Å². The zero-order valence-corrected chi connectivity index (χ0v) is 6.35. The zero-order valence-electron chi connectivity index (χ0n) is 6.35. The molecule has 0 unspecified atom stereocenters. The standard InChI is InChI=1S/C7H12O3/c1-3-4-5-10-7(9)6(2)8/h3-5H2,1-2H3. The minimum Gasteiger partial charge on any atom is -0.460 e. The first-order chi connectivity index (χ1) is 4.68. The number of Topliss-reactive ketones (excluding diaryl/α,β-unsaturated/α-hetero) is 1. The van der Waals surface area contributed by atoms with Gasteiger partial charge in [-0.25, -0.2) is 4.79 Å². The molecule has 0 atom stereocenters.